The van der Waals surface area contributed by atoms with E-state index in [2.05, 4.69) is 15.6 Å². The number of hydrogen-bond acceptors (Lipinski definition) is 3. The van der Waals surface area contributed by atoms with Crippen molar-refractivity contribution in [3.8, 4) is 11.5 Å². The molecule has 0 bridgehead atoms. The highest BCUT2D eigenvalue weighted by Crippen LogP contribution is 2.23. The predicted molar refractivity (Wildman–Crippen MR) is 84.5 cm³/mol. The first-order valence-corrected chi connectivity index (χ1v) is 7.44. The van der Waals surface area contributed by atoms with Gasteiger partial charge in [0.05, 0.1) is 24.2 Å². The van der Waals surface area contributed by atoms with Crippen LogP contribution in [0.15, 0.2) is 48.7 Å². The van der Waals surface area contributed by atoms with Crippen molar-refractivity contribution >= 4 is 22.6 Å². The third-order valence-electron chi connectivity index (χ3n) is 3.23. The lowest BCUT2D eigenvalue weighted by Gasteiger charge is -2.09. The maximum atomic E-state index is 5.63. The van der Waals surface area contributed by atoms with E-state index in [1.54, 1.807) is 6.20 Å². The Morgan fingerprint density at radius 2 is 1.90 bits per heavy atom. The number of pyridine rings is 1. The van der Waals surface area contributed by atoms with E-state index >= 15 is 0 Å². The summed E-state index contributed by atoms with van der Waals surface area (Å²) < 4.78 is 7.64. The van der Waals surface area contributed by atoms with Crippen LogP contribution in [0.2, 0.25) is 0 Å². The van der Waals surface area contributed by atoms with Crippen molar-refractivity contribution < 1.29 is 4.74 Å². The van der Waals surface area contributed by atoms with Gasteiger partial charge in [-0.15, -0.1) is 11.6 Å². The number of benzene rings is 1. The molecule has 0 radical (unpaired) electrons. The summed E-state index contributed by atoms with van der Waals surface area (Å²) in [5.74, 6) is 1.38. The molecular weight excluding hydrogens is 286 g/mol. The van der Waals surface area contributed by atoms with Crippen LogP contribution < -0.4 is 0 Å². The maximum absolute atomic E-state index is 5.63. The molecule has 0 unspecified atom stereocenters. The second kappa shape index (κ2) is 6.70. The second-order valence-corrected chi connectivity index (χ2v) is 4.97. The van der Waals surface area contributed by atoms with Crippen LogP contribution in [-0.2, 0) is 11.3 Å². The second-order valence-electron chi connectivity index (χ2n) is 4.59. The summed E-state index contributed by atoms with van der Waals surface area (Å²) >= 11 is 5.63. The van der Waals surface area contributed by atoms with Crippen LogP contribution in [0.25, 0.3) is 22.6 Å². The van der Waals surface area contributed by atoms with Gasteiger partial charge in [-0.05, 0) is 24.3 Å². The molecule has 0 aliphatic carbocycles. The number of fused-ring (bicyclic) bond motifs is 1. The molecule has 3 aromatic rings. The summed E-state index contributed by atoms with van der Waals surface area (Å²) in [4.78, 5) is 9.10. The van der Waals surface area contributed by atoms with E-state index in [-0.39, 0.29) is 0 Å². The van der Waals surface area contributed by atoms with E-state index in [0.717, 1.165) is 29.1 Å². The fraction of sp³-hybridized carbons (Fsp3) is 0.250. The zero-order chi connectivity index (χ0) is 14.5. The first-order valence-electron chi connectivity index (χ1n) is 6.90. The molecule has 108 valence electrons. The van der Waals surface area contributed by atoms with Crippen LogP contribution in [-0.4, -0.2) is 33.6 Å². The van der Waals surface area contributed by atoms with Gasteiger partial charge in [0.25, 0.3) is 0 Å². The van der Waals surface area contributed by atoms with Gasteiger partial charge in [0, 0.05) is 18.6 Å². The molecule has 2 aromatic heterocycles. The molecule has 0 aliphatic rings. The van der Waals surface area contributed by atoms with Crippen LogP contribution in [0.4, 0.5) is 0 Å². The number of imidazole rings is 1. The lowest BCUT2D eigenvalue weighted by atomic mass is 10.3. The number of nitrogens with zero attached hydrogens (tertiary/aromatic N) is 3. The molecule has 0 spiro atoms. The third kappa shape index (κ3) is 3.06. The van der Waals surface area contributed by atoms with Crippen LogP contribution in [0.3, 0.4) is 0 Å². The standard InChI is InChI=1S/C16H16ClN3O/c17-8-11-21-12-10-20-15-7-2-1-5-13(15)19-16(20)14-6-3-4-9-18-14/h1-7,9H,8,10-12H2. The fourth-order valence-electron chi connectivity index (χ4n) is 2.30. The largest absolute Gasteiger partial charge is 0.378 e. The van der Waals surface area contributed by atoms with Gasteiger partial charge < -0.3 is 9.30 Å². The Morgan fingerprint density at radius 3 is 2.71 bits per heavy atom. The molecule has 5 heteroatoms. The Hall–Kier alpha value is -1.91. The zero-order valence-corrected chi connectivity index (χ0v) is 12.3. The van der Waals surface area contributed by atoms with Gasteiger partial charge in [0.2, 0.25) is 0 Å². The maximum Gasteiger partial charge on any atom is 0.159 e. The van der Waals surface area contributed by atoms with E-state index in [0.29, 0.717) is 19.1 Å². The average Bonchev–Trinajstić information content (AvgIpc) is 2.91. The molecule has 0 saturated carbocycles. The number of aromatic nitrogens is 3. The quantitative estimate of drug-likeness (QED) is 0.518. The van der Waals surface area contributed by atoms with E-state index in [9.17, 15) is 0 Å². The highest BCUT2D eigenvalue weighted by atomic mass is 35.5. The Bertz CT molecular complexity index is 712. The van der Waals surface area contributed by atoms with E-state index in [1.807, 2.05) is 36.4 Å². The first kappa shape index (κ1) is 14.0. The van der Waals surface area contributed by atoms with Gasteiger partial charge in [-0.1, -0.05) is 18.2 Å². The van der Waals surface area contributed by atoms with Gasteiger partial charge in [-0.3, -0.25) is 4.98 Å². The molecule has 0 N–H and O–H groups in total. The molecule has 3 rings (SSSR count). The summed E-state index contributed by atoms with van der Waals surface area (Å²) in [5.41, 5.74) is 2.93. The van der Waals surface area contributed by atoms with E-state index in [1.165, 1.54) is 0 Å². The molecule has 0 fully saturated rings. The van der Waals surface area contributed by atoms with Crippen molar-refractivity contribution in [2.24, 2.45) is 0 Å². The van der Waals surface area contributed by atoms with Crippen molar-refractivity contribution in [2.75, 3.05) is 19.1 Å². The average molecular weight is 302 g/mol. The van der Waals surface area contributed by atoms with Crippen LogP contribution in [0.1, 0.15) is 0 Å². The number of alkyl halides is 1. The summed E-state index contributed by atoms with van der Waals surface area (Å²) in [6.07, 6.45) is 1.78. The van der Waals surface area contributed by atoms with Crippen LogP contribution in [0.5, 0.6) is 0 Å². The monoisotopic (exact) mass is 301 g/mol. The Kier molecular flexibility index (Phi) is 4.48. The van der Waals surface area contributed by atoms with Crippen LogP contribution >= 0.6 is 11.6 Å². The smallest absolute Gasteiger partial charge is 0.159 e. The highest BCUT2D eigenvalue weighted by molar-refractivity contribution is 6.17. The zero-order valence-electron chi connectivity index (χ0n) is 11.6. The third-order valence-corrected chi connectivity index (χ3v) is 3.38. The molecule has 0 aliphatic heterocycles. The van der Waals surface area contributed by atoms with Gasteiger partial charge >= 0.3 is 0 Å². The topological polar surface area (TPSA) is 39.9 Å². The molecule has 21 heavy (non-hydrogen) atoms. The van der Waals surface area contributed by atoms with Gasteiger partial charge in [0.1, 0.15) is 5.69 Å². The lowest BCUT2D eigenvalue weighted by Crippen LogP contribution is -2.09. The molecule has 2 heterocycles. The summed E-state index contributed by atoms with van der Waals surface area (Å²) in [6.45, 7) is 1.89. The molecule has 0 saturated heterocycles. The normalized spacial score (nSPS) is 11.1. The Balaban J connectivity index is 1.98. The summed E-state index contributed by atoms with van der Waals surface area (Å²) in [5, 5.41) is 0. The van der Waals surface area contributed by atoms with Crippen molar-refractivity contribution in [3.63, 3.8) is 0 Å². The molecule has 0 atom stereocenters. The first-order chi connectivity index (χ1) is 10.4. The van der Waals surface area contributed by atoms with Crippen molar-refractivity contribution in [2.45, 2.75) is 6.54 Å². The molecule has 1 aromatic carbocycles. The number of rotatable bonds is 6. The number of hydrogen-bond donors (Lipinski definition) is 0. The van der Waals surface area contributed by atoms with Crippen molar-refractivity contribution in [1.29, 1.82) is 0 Å². The summed E-state index contributed by atoms with van der Waals surface area (Å²) in [6, 6.07) is 13.9. The predicted octanol–water partition coefficient (Wildman–Crippen LogP) is 3.35. The van der Waals surface area contributed by atoms with Gasteiger partial charge in [-0.2, -0.15) is 0 Å². The molecular formula is C16H16ClN3O. The minimum absolute atomic E-state index is 0.512. The molecule has 4 nitrogen and oxygen atoms in total. The lowest BCUT2D eigenvalue weighted by molar-refractivity contribution is 0.142. The minimum atomic E-state index is 0.512. The highest BCUT2D eigenvalue weighted by Gasteiger charge is 2.12. The number of halogens is 1. The Morgan fingerprint density at radius 1 is 1.05 bits per heavy atom. The van der Waals surface area contributed by atoms with Crippen molar-refractivity contribution in [3.05, 3.63) is 48.7 Å². The van der Waals surface area contributed by atoms with Gasteiger partial charge in [0.15, 0.2) is 5.82 Å². The van der Waals surface area contributed by atoms with Crippen LogP contribution in [0, 0.1) is 0 Å². The minimum Gasteiger partial charge on any atom is -0.378 e. The summed E-state index contributed by atoms with van der Waals surface area (Å²) in [7, 11) is 0. The Labute approximate surface area is 128 Å². The SMILES string of the molecule is ClCCOCCn1c(-c2ccccn2)nc2ccccc21. The van der Waals surface area contributed by atoms with E-state index < -0.39 is 0 Å². The van der Waals surface area contributed by atoms with E-state index in [4.69, 9.17) is 21.3 Å². The van der Waals surface area contributed by atoms with Crippen molar-refractivity contribution in [1.82, 2.24) is 14.5 Å². The van der Waals surface area contributed by atoms with Gasteiger partial charge in [-0.25, -0.2) is 4.98 Å². The molecule has 0 amide bonds. The number of para-hydroxylation sites is 2. The fourth-order valence-corrected chi connectivity index (χ4v) is 2.41. The number of ether oxygens (including phenoxy) is 1.